The van der Waals surface area contributed by atoms with Crippen molar-refractivity contribution in [2.75, 3.05) is 6.61 Å². The zero-order valence-corrected chi connectivity index (χ0v) is 10.7. The topological polar surface area (TPSA) is 75.2 Å². The van der Waals surface area contributed by atoms with E-state index < -0.39 is 5.56 Å². The van der Waals surface area contributed by atoms with Crippen LogP contribution in [0, 0.1) is 0 Å². The molecule has 0 fully saturated rings. The normalized spacial score (nSPS) is 10.4. The quantitative estimate of drug-likeness (QED) is 0.809. The first-order chi connectivity index (χ1) is 9.20. The Morgan fingerprint density at radius 3 is 2.68 bits per heavy atom. The van der Waals surface area contributed by atoms with Crippen LogP contribution in [0.15, 0.2) is 35.3 Å². The lowest BCUT2D eigenvalue weighted by atomic mass is 10.2. The van der Waals surface area contributed by atoms with Crippen molar-refractivity contribution < 1.29 is 9.84 Å². The molecule has 0 saturated carbocycles. The first-order valence-electron chi connectivity index (χ1n) is 6.22. The van der Waals surface area contributed by atoms with Gasteiger partial charge >= 0.3 is 0 Å². The monoisotopic (exact) mass is 260 g/mol. The van der Waals surface area contributed by atoms with Crippen molar-refractivity contribution in [3.63, 3.8) is 0 Å². The summed E-state index contributed by atoms with van der Waals surface area (Å²) in [6.07, 6.45) is 3.26. The molecule has 0 aliphatic heterocycles. The van der Waals surface area contributed by atoms with Gasteiger partial charge < -0.3 is 14.8 Å². The van der Waals surface area contributed by atoms with Gasteiger partial charge in [0.2, 0.25) is 0 Å². The van der Waals surface area contributed by atoms with Crippen molar-refractivity contribution >= 4 is 0 Å². The van der Waals surface area contributed by atoms with Gasteiger partial charge in [0, 0.05) is 5.56 Å². The standard InChI is InChI=1S/C14H16N2O3/c1-2-3-8-19-11-6-4-10(5-7-11)13-15-9-12(17)14(18)16-13/h4-7,9,17H,2-3,8H2,1H3,(H,15,16,18). The minimum atomic E-state index is -0.548. The van der Waals surface area contributed by atoms with Gasteiger partial charge in [0.05, 0.1) is 12.8 Å². The van der Waals surface area contributed by atoms with Crippen molar-refractivity contribution in [3.05, 3.63) is 40.8 Å². The van der Waals surface area contributed by atoms with Gasteiger partial charge in [0.15, 0.2) is 5.75 Å². The van der Waals surface area contributed by atoms with E-state index in [4.69, 9.17) is 9.84 Å². The Bertz CT molecular complexity index is 590. The van der Waals surface area contributed by atoms with E-state index in [0.717, 1.165) is 30.4 Å². The third-order valence-electron chi connectivity index (χ3n) is 2.67. The van der Waals surface area contributed by atoms with E-state index in [0.29, 0.717) is 12.4 Å². The van der Waals surface area contributed by atoms with Crippen LogP contribution >= 0.6 is 0 Å². The molecule has 2 N–H and O–H groups in total. The third-order valence-corrected chi connectivity index (χ3v) is 2.67. The summed E-state index contributed by atoms with van der Waals surface area (Å²) in [6, 6.07) is 7.29. The fourth-order valence-electron chi connectivity index (χ4n) is 1.58. The molecule has 0 spiro atoms. The molecule has 2 rings (SSSR count). The largest absolute Gasteiger partial charge is 0.502 e. The molecule has 1 heterocycles. The summed E-state index contributed by atoms with van der Waals surface area (Å²) in [6.45, 7) is 2.81. The molecule has 100 valence electrons. The highest BCUT2D eigenvalue weighted by molar-refractivity contribution is 5.56. The lowest BCUT2D eigenvalue weighted by Gasteiger charge is -2.06. The smallest absolute Gasteiger partial charge is 0.293 e. The Labute approximate surface area is 110 Å². The molecule has 5 heteroatoms. The fraction of sp³-hybridized carbons (Fsp3) is 0.286. The van der Waals surface area contributed by atoms with Crippen LogP contribution in [-0.4, -0.2) is 21.7 Å². The van der Waals surface area contributed by atoms with Gasteiger partial charge in [0.1, 0.15) is 11.6 Å². The van der Waals surface area contributed by atoms with E-state index >= 15 is 0 Å². The van der Waals surface area contributed by atoms with Gasteiger partial charge in [-0.05, 0) is 30.7 Å². The number of rotatable bonds is 5. The summed E-state index contributed by atoms with van der Waals surface area (Å²) in [5, 5.41) is 9.13. The molecule has 0 unspecified atom stereocenters. The number of ether oxygens (including phenoxy) is 1. The van der Waals surface area contributed by atoms with E-state index in [1.165, 1.54) is 0 Å². The van der Waals surface area contributed by atoms with Crippen LogP contribution in [0.1, 0.15) is 19.8 Å². The SMILES string of the molecule is CCCCOc1ccc(-c2ncc(O)c(=O)[nH]2)cc1. The number of H-pyrrole nitrogens is 1. The molecule has 0 radical (unpaired) electrons. The van der Waals surface area contributed by atoms with E-state index in [1.54, 1.807) is 0 Å². The molecule has 0 amide bonds. The minimum absolute atomic E-state index is 0.386. The summed E-state index contributed by atoms with van der Waals surface area (Å²) in [5.41, 5.74) is 0.216. The second-order valence-electron chi connectivity index (χ2n) is 4.17. The van der Waals surface area contributed by atoms with Crippen LogP contribution in [0.25, 0.3) is 11.4 Å². The lowest BCUT2D eigenvalue weighted by molar-refractivity contribution is 0.309. The second-order valence-corrected chi connectivity index (χ2v) is 4.17. The van der Waals surface area contributed by atoms with Crippen molar-refractivity contribution in [3.8, 4) is 22.9 Å². The number of aromatic nitrogens is 2. The van der Waals surface area contributed by atoms with Gasteiger partial charge in [-0.25, -0.2) is 4.98 Å². The van der Waals surface area contributed by atoms with Crippen molar-refractivity contribution in [1.29, 1.82) is 0 Å². The van der Waals surface area contributed by atoms with Gasteiger partial charge in [-0.3, -0.25) is 4.79 Å². The van der Waals surface area contributed by atoms with E-state index in [1.807, 2.05) is 24.3 Å². The van der Waals surface area contributed by atoms with Gasteiger partial charge in [0.25, 0.3) is 5.56 Å². The Morgan fingerprint density at radius 2 is 2.05 bits per heavy atom. The summed E-state index contributed by atoms with van der Waals surface area (Å²) in [5.74, 6) is 0.824. The van der Waals surface area contributed by atoms with Gasteiger partial charge in [-0.2, -0.15) is 0 Å². The molecule has 1 aromatic carbocycles. The third kappa shape index (κ3) is 3.34. The van der Waals surface area contributed by atoms with Crippen LogP contribution in [0.5, 0.6) is 11.5 Å². The predicted octanol–water partition coefficient (Wildman–Crippen LogP) is 2.32. The molecule has 2 aromatic rings. The zero-order chi connectivity index (χ0) is 13.7. The van der Waals surface area contributed by atoms with E-state index in [2.05, 4.69) is 16.9 Å². The maximum Gasteiger partial charge on any atom is 0.293 e. The zero-order valence-electron chi connectivity index (χ0n) is 10.7. The van der Waals surface area contributed by atoms with Crippen LogP contribution < -0.4 is 10.3 Å². The molecule has 1 aromatic heterocycles. The first kappa shape index (κ1) is 13.1. The summed E-state index contributed by atoms with van der Waals surface area (Å²) in [4.78, 5) is 17.8. The highest BCUT2D eigenvalue weighted by Crippen LogP contribution is 2.19. The van der Waals surface area contributed by atoms with Crippen molar-refractivity contribution in [1.82, 2.24) is 9.97 Å². The molecular weight excluding hydrogens is 244 g/mol. The molecule has 0 bridgehead atoms. The van der Waals surface area contributed by atoms with Crippen LogP contribution in [0.2, 0.25) is 0 Å². The Balaban J connectivity index is 2.13. The molecule has 0 atom stereocenters. The van der Waals surface area contributed by atoms with Crippen LogP contribution in [0.4, 0.5) is 0 Å². The van der Waals surface area contributed by atoms with Crippen molar-refractivity contribution in [2.24, 2.45) is 0 Å². The summed E-state index contributed by atoms with van der Waals surface area (Å²) in [7, 11) is 0. The molecule has 5 nitrogen and oxygen atoms in total. The number of nitrogens with zero attached hydrogens (tertiary/aromatic N) is 1. The fourth-order valence-corrected chi connectivity index (χ4v) is 1.58. The van der Waals surface area contributed by atoms with Gasteiger partial charge in [-0.15, -0.1) is 0 Å². The molecule has 0 aliphatic carbocycles. The number of benzene rings is 1. The molecule has 19 heavy (non-hydrogen) atoms. The maximum atomic E-state index is 11.3. The van der Waals surface area contributed by atoms with E-state index in [9.17, 15) is 4.79 Å². The molecule has 0 saturated heterocycles. The first-order valence-corrected chi connectivity index (χ1v) is 6.22. The maximum absolute atomic E-state index is 11.3. The Morgan fingerprint density at radius 1 is 1.32 bits per heavy atom. The molecular formula is C14H16N2O3. The van der Waals surface area contributed by atoms with E-state index in [-0.39, 0.29) is 5.75 Å². The number of aromatic amines is 1. The minimum Gasteiger partial charge on any atom is -0.502 e. The number of nitrogens with one attached hydrogen (secondary N) is 1. The predicted molar refractivity (Wildman–Crippen MR) is 72.4 cm³/mol. The van der Waals surface area contributed by atoms with Crippen molar-refractivity contribution in [2.45, 2.75) is 19.8 Å². The number of unbranched alkanes of at least 4 members (excludes halogenated alkanes) is 1. The number of hydrogen-bond donors (Lipinski definition) is 2. The summed E-state index contributed by atoms with van der Waals surface area (Å²) < 4.78 is 5.55. The molecule has 0 aliphatic rings. The number of hydrogen-bond acceptors (Lipinski definition) is 4. The lowest BCUT2D eigenvalue weighted by Crippen LogP contribution is -2.07. The highest BCUT2D eigenvalue weighted by Gasteiger charge is 2.03. The highest BCUT2D eigenvalue weighted by atomic mass is 16.5. The average Bonchev–Trinajstić information content (AvgIpc) is 2.43. The second kappa shape index (κ2) is 6.04. The Hall–Kier alpha value is -2.30. The van der Waals surface area contributed by atoms with Crippen LogP contribution in [-0.2, 0) is 0 Å². The Kier molecular flexibility index (Phi) is 4.18. The van der Waals surface area contributed by atoms with Crippen LogP contribution in [0.3, 0.4) is 0 Å². The average molecular weight is 260 g/mol. The summed E-state index contributed by atoms with van der Waals surface area (Å²) >= 11 is 0. The van der Waals surface area contributed by atoms with Gasteiger partial charge in [-0.1, -0.05) is 13.3 Å². The number of aromatic hydroxyl groups is 1.